The SMILES string of the molecule is O=C(CSc1nc(-c2ccc(Cl)cc2)cs1)N/N=C/c1ccc(F)cc1. The maximum Gasteiger partial charge on any atom is 0.250 e. The molecule has 0 saturated carbocycles. The van der Waals surface area contributed by atoms with Crippen molar-refractivity contribution in [2.24, 2.45) is 5.10 Å². The predicted octanol–water partition coefficient (Wildman–Crippen LogP) is 4.85. The fraction of sp³-hybridized carbons (Fsp3) is 0.0556. The Morgan fingerprint density at radius 3 is 2.69 bits per heavy atom. The molecule has 0 unspecified atom stereocenters. The molecule has 4 nitrogen and oxygen atoms in total. The number of nitrogens with zero attached hydrogens (tertiary/aromatic N) is 2. The van der Waals surface area contributed by atoms with E-state index in [1.807, 2.05) is 29.6 Å². The van der Waals surface area contributed by atoms with Gasteiger partial charge in [-0.15, -0.1) is 11.3 Å². The molecular weight excluding hydrogens is 393 g/mol. The zero-order valence-corrected chi connectivity index (χ0v) is 15.7. The molecule has 1 heterocycles. The number of amides is 1. The van der Waals surface area contributed by atoms with Crippen LogP contribution in [0.5, 0.6) is 0 Å². The van der Waals surface area contributed by atoms with Crippen molar-refractivity contribution < 1.29 is 9.18 Å². The third-order valence-electron chi connectivity index (χ3n) is 3.22. The maximum atomic E-state index is 12.8. The van der Waals surface area contributed by atoms with Crippen LogP contribution in [0.2, 0.25) is 5.02 Å². The molecule has 132 valence electrons. The van der Waals surface area contributed by atoms with E-state index in [0.717, 1.165) is 15.6 Å². The number of carbonyl (C=O) groups excluding carboxylic acids is 1. The van der Waals surface area contributed by atoms with E-state index in [1.54, 1.807) is 12.1 Å². The molecule has 1 aromatic heterocycles. The fourth-order valence-corrected chi connectivity index (χ4v) is 3.72. The van der Waals surface area contributed by atoms with Crippen molar-refractivity contribution in [3.05, 3.63) is 70.3 Å². The van der Waals surface area contributed by atoms with Gasteiger partial charge >= 0.3 is 0 Å². The van der Waals surface area contributed by atoms with E-state index in [2.05, 4.69) is 15.5 Å². The van der Waals surface area contributed by atoms with Gasteiger partial charge in [0.05, 0.1) is 17.7 Å². The molecule has 26 heavy (non-hydrogen) atoms. The van der Waals surface area contributed by atoms with Crippen molar-refractivity contribution in [2.45, 2.75) is 4.34 Å². The summed E-state index contributed by atoms with van der Waals surface area (Å²) in [4.78, 5) is 16.3. The van der Waals surface area contributed by atoms with Gasteiger partial charge in [0.15, 0.2) is 4.34 Å². The highest BCUT2D eigenvalue weighted by Crippen LogP contribution is 2.28. The van der Waals surface area contributed by atoms with Crippen molar-refractivity contribution in [3.8, 4) is 11.3 Å². The summed E-state index contributed by atoms with van der Waals surface area (Å²) in [5.41, 5.74) is 4.97. The van der Waals surface area contributed by atoms with E-state index >= 15 is 0 Å². The third kappa shape index (κ3) is 5.39. The van der Waals surface area contributed by atoms with E-state index in [4.69, 9.17) is 11.6 Å². The van der Waals surface area contributed by atoms with Crippen LogP contribution in [0.15, 0.2) is 63.4 Å². The standard InChI is InChI=1S/C18H13ClFN3OS2/c19-14-5-3-13(4-6-14)16-10-25-18(22-16)26-11-17(24)23-21-9-12-1-7-15(20)8-2-12/h1-10H,11H2,(H,23,24)/b21-9+. The molecule has 8 heteroatoms. The summed E-state index contributed by atoms with van der Waals surface area (Å²) in [6, 6.07) is 13.3. The molecular formula is C18H13ClFN3OS2. The van der Waals surface area contributed by atoms with E-state index < -0.39 is 0 Å². The first-order valence-corrected chi connectivity index (χ1v) is 9.76. The largest absolute Gasteiger partial charge is 0.272 e. The van der Waals surface area contributed by atoms with E-state index in [0.29, 0.717) is 10.6 Å². The molecule has 0 atom stereocenters. The number of hydrazone groups is 1. The van der Waals surface area contributed by atoms with Gasteiger partial charge < -0.3 is 0 Å². The summed E-state index contributed by atoms with van der Waals surface area (Å²) in [7, 11) is 0. The molecule has 1 N–H and O–H groups in total. The van der Waals surface area contributed by atoms with Gasteiger partial charge in [-0.2, -0.15) is 5.10 Å². The highest BCUT2D eigenvalue weighted by atomic mass is 35.5. The monoisotopic (exact) mass is 405 g/mol. The Balaban J connectivity index is 1.48. The van der Waals surface area contributed by atoms with Gasteiger partial charge in [0.25, 0.3) is 5.91 Å². The van der Waals surface area contributed by atoms with Gasteiger partial charge in [-0.25, -0.2) is 14.8 Å². The van der Waals surface area contributed by atoms with Crippen LogP contribution in [0.25, 0.3) is 11.3 Å². The Bertz CT molecular complexity index is 911. The van der Waals surface area contributed by atoms with Gasteiger partial charge in [-0.3, -0.25) is 4.79 Å². The normalized spacial score (nSPS) is 11.0. The molecule has 3 aromatic rings. The van der Waals surface area contributed by atoms with Gasteiger partial charge in [0.2, 0.25) is 0 Å². The molecule has 0 saturated heterocycles. The number of aromatic nitrogens is 1. The second kappa shape index (κ2) is 8.93. The Morgan fingerprint density at radius 2 is 1.96 bits per heavy atom. The zero-order chi connectivity index (χ0) is 18.4. The highest BCUT2D eigenvalue weighted by Gasteiger charge is 2.07. The zero-order valence-electron chi connectivity index (χ0n) is 13.4. The van der Waals surface area contributed by atoms with Gasteiger partial charge in [0, 0.05) is 16.0 Å². The fourth-order valence-electron chi connectivity index (χ4n) is 1.96. The van der Waals surface area contributed by atoms with Crippen LogP contribution in [0.4, 0.5) is 4.39 Å². The van der Waals surface area contributed by atoms with Crippen LogP contribution in [0.1, 0.15) is 5.56 Å². The quantitative estimate of drug-likeness (QED) is 0.362. The van der Waals surface area contributed by atoms with Crippen molar-refractivity contribution in [1.82, 2.24) is 10.4 Å². The molecule has 1 amide bonds. The van der Waals surface area contributed by atoms with Gasteiger partial charge in [-0.05, 0) is 29.8 Å². The topological polar surface area (TPSA) is 54.4 Å². The van der Waals surface area contributed by atoms with E-state index in [1.165, 1.54) is 41.4 Å². The molecule has 0 bridgehead atoms. The molecule has 0 aliphatic rings. The molecule has 3 rings (SSSR count). The minimum absolute atomic E-state index is 0.203. The molecule has 0 spiro atoms. The lowest BCUT2D eigenvalue weighted by atomic mass is 10.2. The number of carbonyl (C=O) groups is 1. The number of benzene rings is 2. The summed E-state index contributed by atoms with van der Waals surface area (Å²) >= 11 is 8.70. The first-order valence-electron chi connectivity index (χ1n) is 7.52. The minimum atomic E-state index is -0.316. The summed E-state index contributed by atoms with van der Waals surface area (Å²) in [6.45, 7) is 0. The average molecular weight is 406 g/mol. The second-order valence-corrected chi connectivity index (χ2v) is 7.66. The van der Waals surface area contributed by atoms with Crippen LogP contribution in [0.3, 0.4) is 0 Å². The van der Waals surface area contributed by atoms with Crippen LogP contribution in [0, 0.1) is 5.82 Å². The summed E-state index contributed by atoms with van der Waals surface area (Å²) in [6.07, 6.45) is 1.46. The van der Waals surface area contributed by atoms with Crippen molar-refractivity contribution in [1.29, 1.82) is 0 Å². The van der Waals surface area contributed by atoms with Gasteiger partial charge in [-0.1, -0.05) is 47.6 Å². The highest BCUT2D eigenvalue weighted by molar-refractivity contribution is 8.01. The molecule has 0 radical (unpaired) electrons. The van der Waals surface area contributed by atoms with Crippen LogP contribution in [-0.2, 0) is 4.79 Å². The Labute approximate surface area is 163 Å². The number of hydrogen-bond donors (Lipinski definition) is 1. The molecule has 0 aliphatic carbocycles. The Kier molecular flexibility index (Phi) is 6.38. The lowest BCUT2D eigenvalue weighted by Gasteiger charge is -1.98. The van der Waals surface area contributed by atoms with Crippen molar-refractivity contribution in [3.63, 3.8) is 0 Å². The van der Waals surface area contributed by atoms with Crippen molar-refractivity contribution in [2.75, 3.05) is 5.75 Å². The molecule has 2 aromatic carbocycles. The number of nitrogens with one attached hydrogen (secondary N) is 1. The molecule has 0 aliphatic heterocycles. The Hall–Kier alpha value is -2.22. The summed E-state index contributed by atoms with van der Waals surface area (Å²) in [5, 5.41) is 6.47. The van der Waals surface area contributed by atoms with Crippen LogP contribution >= 0.6 is 34.7 Å². The number of rotatable bonds is 6. The average Bonchev–Trinajstić information content (AvgIpc) is 3.11. The minimum Gasteiger partial charge on any atom is -0.272 e. The van der Waals surface area contributed by atoms with Gasteiger partial charge in [0.1, 0.15) is 5.82 Å². The third-order valence-corrected chi connectivity index (χ3v) is 5.50. The summed E-state index contributed by atoms with van der Waals surface area (Å²) in [5.74, 6) is -0.352. The van der Waals surface area contributed by atoms with E-state index in [-0.39, 0.29) is 17.5 Å². The number of hydrogen-bond acceptors (Lipinski definition) is 5. The lowest BCUT2D eigenvalue weighted by Crippen LogP contribution is -2.19. The maximum absolute atomic E-state index is 12.8. The van der Waals surface area contributed by atoms with Crippen LogP contribution in [-0.4, -0.2) is 22.9 Å². The Morgan fingerprint density at radius 1 is 1.23 bits per heavy atom. The number of thiazole rings is 1. The lowest BCUT2D eigenvalue weighted by molar-refractivity contribution is -0.118. The smallest absolute Gasteiger partial charge is 0.250 e. The predicted molar refractivity (Wildman–Crippen MR) is 105 cm³/mol. The van der Waals surface area contributed by atoms with Crippen molar-refractivity contribution >= 4 is 46.8 Å². The summed E-state index contributed by atoms with van der Waals surface area (Å²) < 4.78 is 13.6. The first-order chi connectivity index (χ1) is 12.6. The first kappa shape index (κ1) is 18.6. The molecule has 0 fully saturated rings. The number of halogens is 2. The van der Waals surface area contributed by atoms with Crippen LogP contribution < -0.4 is 5.43 Å². The second-order valence-electron chi connectivity index (χ2n) is 5.14. The number of thioether (sulfide) groups is 1. The van der Waals surface area contributed by atoms with E-state index in [9.17, 15) is 9.18 Å².